The second-order valence-electron chi connectivity index (χ2n) is 4.49. The van der Waals surface area contributed by atoms with Gasteiger partial charge in [0.1, 0.15) is 5.54 Å². The van der Waals surface area contributed by atoms with Gasteiger partial charge in [-0.1, -0.05) is 11.6 Å². The Morgan fingerprint density at radius 3 is 2.67 bits per heavy atom. The van der Waals surface area contributed by atoms with E-state index in [0.717, 1.165) is 12.1 Å². The predicted octanol–water partition coefficient (Wildman–Crippen LogP) is 2.78. The third kappa shape index (κ3) is 2.94. The number of anilines is 1. The van der Waals surface area contributed by atoms with E-state index in [4.69, 9.17) is 16.3 Å². The van der Waals surface area contributed by atoms with Crippen molar-refractivity contribution in [3.63, 3.8) is 0 Å². The quantitative estimate of drug-likeness (QED) is 0.886. The first-order valence-corrected chi connectivity index (χ1v) is 6.35. The maximum absolute atomic E-state index is 11.6. The van der Waals surface area contributed by atoms with E-state index in [2.05, 4.69) is 5.32 Å². The highest BCUT2D eigenvalue weighted by Crippen LogP contribution is 2.27. The van der Waals surface area contributed by atoms with Crippen LogP contribution in [0.2, 0.25) is 5.02 Å². The van der Waals surface area contributed by atoms with E-state index in [1.54, 1.807) is 24.3 Å². The van der Waals surface area contributed by atoms with Crippen molar-refractivity contribution in [3.8, 4) is 0 Å². The number of hydrogen-bond acceptors (Lipinski definition) is 3. The van der Waals surface area contributed by atoms with Gasteiger partial charge in [-0.2, -0.15) is 0 Å². The monoisotopic (exact) mass is 269 g/mol. The van der Waals surface area contributed by atoms with E-state index in [1.165, 1.54) is 0 Å². The van der Waals surface area contributed by atoms with Crippen molar-refractivity contribution >= 4 is 23.3 Å². The van der Waals surface area contributed by atoms with Crippen molar-refractivity contribution < 1.29 is 14.6 Å². The SMILES string of the molecule is O=C(O)C1(Nc2ccc(Cl)cc2)CCCOCC1. The molecule has 1 aliphatic rings. The Hall–Kier alpha value is -1.26. The lowest BCUT2D eigenvalue weighted by atomic mass is 9.90. The second-order valence-corrected chi connectivity index (χ2v) is 4.92. The average molecular weight is 270 g/mol. The Morgan fingerprint density at radius 1 is 1.28 bits per heavy atom. The number of carboxylic acid groups (broad SMARTS) is 1. The highest BCUT2D eigenvalue weighted by Gasteiger charge is 2.38. The Kier molecular flexibility index (Phi) is 4.09. The molecule has 1 aliphatic heterocycles. The van der Waals surface area contributed by atoms with Crippen molar-refractivity contribution in [1.29, 1.82) is 0 Å². The topological polar surface area (TPSA) is 58.6 Å². The van der Waals surface area contributed by atoms with Crippen molar-refractivity contribution in [3.05, 3.63) is 29.3 Å². The summed E-state index contributed by atoms with van der Waals surface area (Å²) >= 11 is 5.81. The van der Waals surface area contributed by atoms with Gasteiger partial charge in [-0.25, -0.2) is 4.79 Å². The molecular weight excluding hydrogens is 254 g/mol. The number of rotatable bonds is 3. The van der Waals surface area contributed by atoms with Gasteiger partial charge in [-0.15, -0.1) is 0 Å². The average Bonchev–Trinajstić information content (AvgIpc) is 2.59. The van der Waals surface area contributed by atoms with E-state index < -0.39 is 11.5 Å². The van der Waals surface area contributed by atoms with Crippen LogP contribution in [0, 0.1) is 0 Å². The lowest BCUT2D eigenvalue weighted by Crippen LogP contribution is -2.46. The van der Waals surface area contributed by atoms with Gasteiger partial charge in [-0.3, -0.25) is 0 Å². The minimum Gasteiger partial charge on any atom is -0.480 e. The molecule has 0 amide bonds. The molecule has 0 aliphatic carbocycles. The fourth-order valence-corrected chi connectivity index (χ4v) is 2.28. The van der Waals surface area contributed by atoms with Crippen molar-refractivity contribution in [1.82, 2.24) is 0 Å². The summed E-state index contributed by atoms with van der Waals surface area (Å²) < 4.78 is 5.33. The van der Waals surface area contributed by atoms with E-state index in [-0.39, 0.29) is 0 Å². The summed E-state index contributed by atoms with van der Waals surface area (Å²) in [6, 6.07) is 7.07. The summed E-state index contributed by atoms with van der Waals surface area (Å²) in [6.07, 6.45) is 1.77. The van der Waals surface area contributed by atoms with Gasteiger partial charge in [-0.05, 0) is 37.1 Å². The van der Waals surface area contributed by atoms with Crippen LogP contribution in [0.3, 0.4) is 0 Å². The Morgan fingerprint density at radius 2 is 2.00 bits per heavy atom. The van der Waals surface area contributed by atoms with Gasteiger partial charge >= 0.3 is 5.97 Å². The van der Waals surface area contributed by atoms with Crippen LogP contribution >= 0.6 is 11.6 Å². The summed E-state index contributed by atoms with van der Waals surface area (Å²) in [5.74, 6) is -0.831. The van der Waals surface area contributed by atoms with Crippen LogP contribution in [-0.4, -0.2) is 29.8 Å². The van der Waals surface area contributed by atoms with Crippen LogP contribution in [0.1, 0.15) is 19.3 Å². The van der Waals surface area contributed by atoms with E-state index >= 15 is 0 Å². The third-order valence-corrected chi connectivity index (χ3v) is 3.45. The minimum atomic E-state index is -0.940. The molecule has 0 aromatic heterocycles. The number of nitrogens with one attached hydrogen (secondary N) is 1. The molecule has 98 valence electrons. The molecule has 0 radical (unpaired) electrons. The van der Waals surface area contributed by atoms with Crippen LogP contribution in [0.5, 0.6) is 0 Å². The summed E-state index contributed by atoms with van der Waals surface area (Å²) in [5.41, 5.74) is -0.173. The number of carboxylic acids is 1. The molecule has 1 saturated heterocycles. The van der Waals surface area contributed by atoms with Crippen molar-refractivity contribution in [2.75, 3.05) is 18.5 Å². The zero-order chi connectivity index (χ0) is 13.0. The van der Waals surface area contributed by atoms with Crippen LogP contribution in [-0.2, 0) is 9.53 Å². The van der Waals surface area contributed by atoms with E-state index in [0.29, 0.717) is 31.1 Å². The normalized spacial score (nSPS) is 24.3. The molecule has 0 bridgehead atoms. The largest absolute Gasteiger partial charge is 0.480 e. The number of ether oxygens (including phenoxy) is 1. The molecule has 2 N–H and O–H groups in total. The van der Waals surface area contributed by atoms with Gasteiger partial charge in [0.25, 0.3) is 0 Å². The Labute approximate surface area is 111 Å². The number of aliphatic carboxylic acids is 1. The summed E-state index contributed by atoms with van der Waals surface area (Å²) in [6.45, 7) is 1.09. The second kappa shape index (κ2) is 5.59. The number of carbonyl (C=O) groups is 1. The molecule has 1 unspecified atom stereocenters. The molecule has 1 aromatic carbocycles. The molecule has 1 heterocycles. The fraction of sp³-hybridized carbons (Fsp3) is 0.462. The summed E-state index contributed by atoms with van der Waals surface area (Å²) in [7, 11) is 0. The summed E-state index contributed by atoms with van der Waals surface area (Å²) in [5, 5.41) is 13.2. The molecular formula is C13H16ClNO3. The highest BCUT2D eigenvalue weighted by atomic mass is 35.5. The molecule has 2 rings (SSSR count). The fourth-order valence-electron chi connectivity index (χ4n) is 2.15. The molecule has 18 heavy (non-hydrogen) atoms. The van der Waals surface area contributed by atoms with Crippen LogP contribution in [0.4, 0.5) is 5.69 Å². The predicted molar refractivity (Wildman–Crippen MR) is 70.1 cm³/mol. The zero-order valence-electron chi connectivity index (χ0n) is 9.99. The van der Waals surface area contributed by atoms with Gasteiger partial charge in [0.05, 0.1) is 0 Å². The molecule has 1 atom stereocenters. The molecule has 4 nitrogen and oxygen atoms in total. The lowest BCUT2D eigenvalue weighted by molar-refractivity contribution is -0.142. The molecule has 1 aromatic rings. The van der Waals surface area contributed by atoms with E-state index in [1.807, 2.05) is 0 Å². The van der Waals surface area contributed by atoms with Crippen LogP contribution in [0.25, 0.3) is 0 Å². The lowest BCUT2D eigenvalue weighted by Gasteiger charge is -2.29. The number of benzene rings is 1. The van der Waals surface area contributed by atoms with Crippen LogP contribution < -0.4 is 5.32 Å². The maximum Gasteiger partial charge on any atom is 0.329 e. The third-order valence-electron chi connectivity index (χ3n) is 3.20. The van der Waals surface area contributed by atoms with Crippen LogP contribution in [0.15, 0.2) is 24.3 Å². The minimum absolute atomic E-state index is 0.463. The summed E-state index contributed by atoms with van der Waals surface area (Å²) in [4.78, 5) is 11.6. The first kappa shape index (κ1) is 13.2. The van der Waals surface area contributed by atoms with Gasteiger partial charge < -0.3 is 15.2 Å². The molecule has 0 saturated carbocycles. The molecule has 5 heteroatoms. The van der Waals surface area contributed by atoms with Crippen molar-refractivity contribution in [2.45, 2.75) is 24.8 Å². The zero-order valence-corrected chi connectivity index (χ0v) is 10.7. The Bertz CT molecular complexity index is 411. The maximum atomic E-state index is 11.6. The first-order chi connectivity index (χ1) is 8.62. The Balaban J connectivity index is 2.19. The van der Waals surface area contributed by atoms with Gasteiger partial charge in [0.15, 0.2) is 0 Å². The first-order valence-electron chi connectivity index (χ1n) is 5.97. The highest BCUT2D eigenvalue weighted by molar-refractivity contribution is 6.30. The smallest absolute Gasteiger partial charge is 0.329 e. The van der Waals surface area contributed by atoms with E-state index in [9.17, 15) is 9.90 Å². The van der Waals surface area contributed by atoms with Gasteiger partial charge in [0, 0.05) is 30.3 Å². The number of hydrogen-bond donors (Lipinski definition) is 2. The molecule has 0 spiro atoms. The standard InChI is InChI=1S/C13H16ClNO3/c14-10-2-4-11(5-3-10)15-13(12(16)17)6-1-8-18-9-7-13/h2-5,15H,1,6-9H2,(H,16,17). The number of halogens is 1. The van der Waals surface area contributed by atoms with Crippen molar-refractivity contribution in [2.24, 2.45) is 0 Å². The molecule has 1 fully saturated rings. The van der Waals surface area contributed by atoms with Gasteiger partial charge in [0.2, 0.25) is 0 Å².